The summed E-state index contributed by atoms with van der Waals surface area (Å²) in [6, 6.07) is 5.46. The van der Waals surface area contributed by atoms with E-state index in [-0.39, 0.29) is 12.5 Å². The average Bonchev–Trinajstić information content (AvgIpc) is 2.60. The molecule has 1 aliphatic heterocycles. The van der Waals surface area contributed by atoms with Gasteiger partial charge in [-0.2, -0.15) is 4.31 Å². The van der Waals surface area contributed by atoms with Gasteiger partial charge in [0.15, 0.2) is 0 Å². The van der Waals surface area contributed by atoms with Gasteiger partial charge < -0.3 is 4.74 Å². The Labute approximate surface area is 141 Å². The minimum atomic E-state index is -3.56. The van der Waals surface area contributed by atoms with Gasteiger partial charge in [0.1, 0.15) is 5.25 Å². The molecule has 1 aromatic carbocycles. The Morgan fingerprint density at radius 3 is 2.74 bits per heavy atom. The van der Waals surface area contributed by atoms with Gasteiger partial charge in [-0.15, -0.1) is 11.8 Å². The minimum Gasteiger partial charge on any atom is -0.468 e. The maximum Gasteiger partial charge on any atom is 0.320 e. The summed E-state index contributed by atoms with van der Waals surface area (Å²) < 4.78 is 31.9. The zero-order chi connectivity index (χ0) is 16.4. The molecule has 1 saturated heterocycles. The van der Waals surface area contributed by atoms with Crippen LogP contribution in [0.4, 0.5) is 0 Å². The highest BCUT2D eigenvalue weighted by Gasteiger charge is 2.34. The summed E-state index contributed by atoms with van der Waals surface area (Å²) in [5.41, 5.74) is 2.41. The highest BCUT2D eigenvalue weighted by molar-refractivity contribution is 8.00. The molecule has 1 aliphatic carbocycles. The van der Waals surface area contributed by atoms with Gasteiger partial charge in [-0.3, -0.25) is 4.79 Å². The number of carbonyl (C=O) groups is 1. The minimum absolute atomic E-state index is 0.177. The number of thioether (sulfide) groups is 1. The van der Waals surface area contributed by atoms with Crippen molar-refractivity contribution < 1.29 is 17.9 Å². The molecule has 0 N–H and O–H groups in total. The zero-order valence-electron chi connectivity index (χ0n) is 13.2. The Bertz CT molecular complexity index is 702. The molecule has 1 heterocycles. The fourth-order valence-electron chi connectivity index (χ4n) is 3.14. The second-order valence-corrected chi connectivity index (χ2v) is 9.13. The molecule has 0 unspecified atom stereocenters. The summed E-state index contributed by atoms with van der Waals surface area (Å²) in [6.07, 6.45) is 4.25. The van der Waals surface area contributed by atoms with E-state index in [2.05, 4.69) is 0 Å². The number of aryl methyl sites for hydroxylation is 2. The molecule has 1 aromatic rings. The molecule has 23 heavy (non-hydrogen) atoms. The van der Waals surface area contributed by atoms with Gasteiger partial charge in [-0.05, 0) is 48.9 Å². The fraction of sp³-hybridized carbons (Fsp3) is 0.562. The predicted octanol–water partition coefficient (Wildman–Crippen LogP) is 1.84. The van der Waals surface area contributed by atoms with Gasteiger partial charge in [-0.1, -0.05) is 6.07 Å². The van der Waals surface area contributed by atoms with Crippen LogP contribution in [0.25, 0.3) is 0 Å². The monoisotopic (exact) mass is 355 g/mol. The number of nitrogens with zero attached hydrogens (tertiary/aromatic N) is 1. The summed E-state index contributed by atoms with van der Waals surface area (Å²) in [7, 11) is -2.22. The van der Waals surface area contributed by atoms with Crippen molar-refractivity contribution in [1.82, 2.24) is 4.31 Å². The van der Waals surface area contributed by atoms with E-state index in [0.717, 1.165) is 24.8 Å². The molecule has 5 nitrogen and oxygen atoms in total. The number of carbonyl (C=O) groups excluding carboxylic acids is 1. The average molecular weight is 355 g/mol. The molecule has 0 bridgehead atoms. The van der Waals surface area contributed by atoms with Gasteiger partial charge in [0, 0.05) is 18.8 Å². The first-order valence-electron chi connectivity index (χ1n) is 7.84. The lowest BCUT2D eigenvalue weighted by atomic mass is 9.92. The highest BCUT2D eigenvalue weighted by Crippen LogP contribution is 2.28. The van der Waals surface area contributed by atoms with Crippen molar-refractivity contribution in [3.63, 3.8) is 0 Å². The third-order valence-electron chi connectivity index (χ3n) is 4.45. The lowest BCUT2D eigenvalue weighted by molar-refractivity contribution is -0.140. The van der Waals surface area contributed by atoms with Crippen molar-refractivity contribution in [2.75, 3.05) is 26.0 Å². The summed E-state index contributed by atoms with van der Waals surface area (Å²) in [5.74, 6) is 0.240. The first-order valence-corrected chi connectivity index (χ1v) is 10.3. The molecule has 0 radical (unpaired) electrons. The highest BCUT2D eigenvalue weighted by atomic mass is 32.2. The van der Waals surface area contributed by atoms with E-state index in [4.69, 9.17) is 4.74 Å². The lowest BCUT2D eigenvalue weighted by Crippen LogP contribution is -2.44. The van der Waals surface area contributed by atoms with Crippen molar-refractivity contribution in [2.24, 2.45) is 0 Å². The van der Waals surface area contributed by atoms with Crippen LogP contribution in [0.3, 0.4) is 0 Å². The SMILES string of the molecule is COC(=O)[C@H]1CN(S(=O)(=O)c2ccc3c(c2)CCCC3)CCS1. The van der Waals surface area contributed by atoms with E-state index in [9.17, 15) is 13.2 Å². The van der Waals surface area contributed by atoms with Crippen LogP contribution in [0.1, 0.15) is 24.0 Å². The van der Waals surface area contributed by atoms with Crippen molar-refractivity contribution in [3.8, 4) is 0 Å². The van der Waals surface area contributed by atoms with Crippen LogP contribution in [0.15, 0.2) is 23.1 Å². The van der Waals surface area contributed by atoms with E-state index in [1.807, 2.05) is 12.1 Å². The number of esters is 1. The molecule has 0 amide bonds. The summed E-state index contributed by atoms with van der Waals surface area (Å²) in [5, 5.41) is -0.443. The zero-order valence-corrected chi connectivity index (χ0v) is 14.8. The van der Waals surface area contributed by atoms with Gasteiger partial charge in [0.25, 0.3) is 0 Å². The van der Waals surface area contributed by atoms with Gasteiger partial charge in [0.05, 0.1) is 12.0 Å². The second kappa shape index (κ2) is 6.83. The maximum absolute atomic E-state index is 12.9. The Morgan fingerprint density at radius 1 is 1.26 bits per heavy atom. The molecule has 2 aliphatic rings. The number of rotatable bonds is 3. The summed E-state index contributed by atoms with van der Waals surface area (Å²) in [4.78, 5) is 12.0. The third kappa shape index (κ3) is 3.41. The van der Waals surface area contributed by atoms with Gasteiger partial charge >= 0.3 is 5.97 Å². The van der Waals surface area contributed by atoms with Crippen LogP contribution in [0, 0.1) is 0 Å². The van der Waals surface area contributed by atoms with E-state index in [1.165, 1.54) is 35.2 Å². The number of hydrogen-bond acceptors (Lipinski definition) is 5. The Balaban J connectivity index is 1.84. The summed E-state index contributed by atoms with van der Waals surface area (Å²) in [6.45, 7) is 0.605. The fourth-order valence-corrected chi connectivity index (χ4v) is 5.98. The van der Waals surface area contributed by atoms with Crippen molar-refractivity contribution in [2.45, 2.75) is 35.8 Å². The molecule has 0 aromatic heterocycles. The normalized spacial score (nSPS) is 22.4. The number of methoxy groups -OCH3 is 1. The van der Waals surface area contributed by atoms with Gasteiger partial charge in [0.2, 0.25) is 10.0 Å². The van der Waals surface area contributed by atoms with E-state index >= 15 is 0 Å². The van der Waals surface area contributed by atoms with Crippen molar-refractivity contribution in [3.05, 3.63) is 29.3 Å². The Kier molecular flexibility index (Phi) is 4.98. The number of hydrogen-bond donors (Lipinski definition) is 0. The molecule has 3 rings (SSSR count). The van der Waals surface area contributed by atoms with Crippen LogP contribution < -0.4 is 0 Å². The quantitative estimate of drug-likeness (QED) is 0.774. The molecule has 7 heteroatoms. The molecule has 1 atom stereocenters. The van der Waals surface area contributed by atoms with Crippen LogP contribution in [0.2, 0.25) is 0 Å². The Hall–Kier alpha value is -1.05. The van der Waals surface area contributed by atoms with Crippen molar-refractivity contribution >= 4 is 27.8 Å². The molecular weight excluding hydrogens is 334 g/mol. The number of sulfonamides is 1. The number of ether oxygens (including phenoxy) is 1. The lowest BCUT2D eigenvalue weighted by Gasteiger charge is -2.30. The first kappa shape index (κ1) is 16.8. The topological polar surface area (TPSA) is 63.7 Å². The second-order valence-electron chi connectivity index (χ2n) is 5.88. The molecule has 1 fully saturated rings. The number of fused-ring (bicyclic) bond motifs is 1. The van der Waals surface area contributed by atoms with E-state index < -0.39 is 15.3 Å². The van der Waals surface area contributed by atoms with Crippen LogP contribution in [0.5, 0.6) is 0 Å². The smallest absolute Gasteiger partial charge is 0.320 e. The largest absolute Gasteiger partial charge is 0.468 e. The first-order chi connectivity index (χ1) is 11.0. The van der Waals surface area contributed by atoms with Crippen LogP contribution in [-0.4, -0.2) is 49.9 Å². The predicted molar refractivity (Wildman–Crippen MR) is 90.1 cm³/mol. The molecule has 0 spiro atoms. The van der Waals surface area contributed by atoms with E-state index in [0.29, 0.717) is 17.2 Å². The summed E-state index contributed by atoms with van der Waals surface area (Å²) >= 11 is 1.45. The molecule has 126 valence electrons. The number of benzene rings is 1. The van der Waals surface area contributed by atoms with Crippen LogP contribution in [-0.2, 0) is 32.4 Å². The van der Waals surface area contributed by atoms with E-state index in [1.54, 1.807) is 6.07 Å². The van der Waals surface area contributed by atoms with Gasteiger partial charge in [-0.25, -0.2) is 8.42 Å². The Morgan fingerprint density at radius 2 is 2.00 bits per heavy atom. The molecule has 0 saturated carbocycles. The maximum atomic E-state index is 12.9. The van der Waals surface area contributed by atoms with Crippen LogP contribution >= 0.6 is 11.8 Å². The van der Waals surface area contributed by atoms with Crippen molar-refractivity contribution in [1.29, 1.82) is 0 Å². The molecular formula is C16H21NO4S2. The standard InChI is InChI=1S/C16H21NO4S2/c1-21-16(18)15-11-17(8-9-22-15)23(19,20)14-7-6-12-4-2-3-5-13(12)10-14/h6-7,10,15H,2-5,8-9,11H2,1H3/t15-/m1/s1. The third-order valence-corrected chi connectivity index (χ3v) is 7.47.